The number of halogens is 2. The van der Waals surface area contributed by atoms with Gasteiger partial charge in [0.15, 0.2) is 0 Å². The first-order valence-electron chi connectivity index (χ1n) is 9.86. The molecule has 1 saturated heterocycles. The van der Waals surface area contributed by atoms with E-state index in [-0.39, 0.29) is 5.70 Å². The maximum atomic E-state index is 12.5. The Kier molecular flexibility index (Phi) is 6.80. The van der Waals surface area contributed by atoms with Crippen LogP contribution in [-0.2, 0) is 20.9 Å². The molecule has 0 saturated carbocycles. The zero-order valence-corrected chi connectivity index (χ0v) is 20.6. The van der Waals surface area contributed by atoms with E-state index >= 15 is 0 Å². The summed E-state index contributed by atoms with van der Waals surface area (Å²) in [5.41, 5.74) is 1.74. The second-order valence-electron chi connectivity index (χ2n) is 7.24. The van der Waals surface area contributed by atoms with E-state index in [2.05, 4.69) is 66.2 Å². The maximum Gasteiger partial charge on any atom is 0.329 e. The molecule has 4 rings (SSSR count). The molecule has 9 heteroatoms. The Hall–Kier alpha value is -3.17. The van der Waals surface area contributed by atoms with Crippen LogP contribution in [0.15, 0.2) is 69.2 Å². The van der Waals surface area contributed by atoms with Gasteiger partial charge in [-0.1, -0.05) is 36.4 Å². The number of carbonyl (C=O) groups excluding carboxylic acids is 3. The number of fused-ring (bicyclic) bond motifs is 1. The summed E-state index contributed by atoms with van der Waals surface area (Å²) in [5.74, 6) is -0.674. The lowest BCUT2D eigenvalue weighted by Crippen LogP contribution is -2.36. The van der Waals surface area contributed by atoms with Gasteiger partial charge in [-0.3, -0.25) is 9.59 Å². The number of hydrogen-bond donors (Lipinski definition) is 1. The second kappa shape index (κ2) is 9.76. The molecule has 1 aliphatic rings. The highest BCUT2D eigenvalue weighted by Crippen LogP contribution is 2.36. The van der Waals surface area contributed by atoms with Crippen molar-refractivity contribution in [3.8, 4) is 5.75 Å². The van der Waals surface area contributed by atoms with Crippen LogP contribution in [0.5, 0.6) is 5.75 Å². The predicted molar refractivity (Wildman–Crippen MR) is 130 cm³/mol. The van der Waals surface area contributed by atoms with Gasteiger partial charge < -0.3 is 14.8 Å². The van der Waals surface area contributed by atoms with Crippen molar-refractivity contribution in [1.82, 2.24) is 10.2 Å². The first-order chi connectivity index (χ1) is 15.9. The number of benzene rings is 3. The minimum atomic E-state index is -0.682. The Bertz CT molecular complexity index is 1280. The zero-order valence-electron chi connectivity index (χ0n) is 17.4. The molecule has 33 heavy (non-hydrogen) atoms. The van der Waals surface area contributed by atoms with Crippen molar-refractivity contribution in [2.45, 2.75) is 6.61 Å². The lowest BCUT2D eigenvalue weighted by atomic mass is 10.1. The van der Waals surface area contributed by atoms with Gasteiger partial charge in [0, 0.05) is 0 Å². The Morgan fingerprint density at radius 1 is 1.03 bits per heavy atom. The van der Waals surface area contributed by atoms with Gasteiger partial charge in [-0.2, -0.15) is 0 Å². The lowest BCUT2D eigenvalue weighted by Gasteiger charge is -2.12. The van der Waals surface area contributed by atoms with Crippen LogP contribution in [0.4, 0.5) is 4.79 Å². The lowest BCUT2D eigenvalue weighted by molar-refractivity contribution is -0.143. The largest absolute Gasteiger partial charge is 0.487 e. The number of hydrogen-bond acceptors (Lipinski definition) is 5. The summed E-state index contributed by atoms with van der Waals surface area (Å²) in [6, 6.07) is 17.2. The number of rotatable bonds is 6. The van der Waals surface area contributed by atoms with Crippen LogP contribution >= 0.6 is 31.9 Å². The van der Waals surface area contributed by atoms with Gasteiger partial charge in [0.25, 0.3) is 5.91 Å². The van der Waals surface area contributed by atoms with Gasteiger partial charge in [-0.25, -0.2) is 9.69 Å². The predicted octanol–water partition coefficient (Wildman–Crippen LogP) is 5.01. The fourth-order valence-electron chi connectivity index (χ4n) is 3.36. The summed E-state index contributed by atoms with van der Waals surface area (Å²) in [7, 11) is 1.19. The van der Waals surface area contributed by atoms with E-state index in [0.29, 0.717) is 26.9 Å². The van der Waals surface area contributed by atoms with Gasteiger partial charge in [0.1, 0.15) is 24.6 Å². The highest BCUT2D eigenvalue weighted by atomic mass is 79.9. The minimum Gasteiger partial charge on any atom is -0.487 e. The van der Waals surface area contributed by atoms with Crippen LogP contribution in [0.3, 0.4) is 0 Å². The first-order valence-corrected chi connectivity index (χ1v) is 11.4. The molecule has 0 unspecified atom stereocenters. The third kappa shape index (κ3) is 5.09. The molecule has 3 aromatic carbocycles. The normalized spacial score (nSPS) is 14.6. The van der Waals surface area contributed by atoms with Gasteiger partial charge in [0.05, 0.1) is 16.1 Å². The molecule has 3 aromatic rings. The SMILES string of the molecule is COC(=O)CN1C(=O)N/C(=C/c2cc(Br)c(OCc3ccc4ccccc4c3)c(Br)c2)C1=O. The number of nitrogens with zero attached hydrogens (tertiary/aromatic N) is 1. The zero-order chi connectivity index (χ0) is 23.5. The molecular formula is C24H18Br2N2O5. The van der Waals surface area contributed by atoms with E-state index < -0.39 is 24.5 Å². The highest BCUT2D eigenvalue weighted by molar-refractivity contribution is 9.11. The molecule has 0 aliphatic carbocycles. The summed E-state index contributed by atoms with van der Waals surface area (Å²) < 4.78 is 11.9. The Labute approximate surface area is 206 Å². The van der Waals surface area contributed by atoms with E-state index in [0.717, 1.165) is 15.8 Å². The summed E-state index contributed by atoms with van der Waals surface area (Å²) >= 11 is 7.03. The number of esters is 1. The van der Waals surface area contributed by atoms with Crippen molar-refractivity contribution in [3.05, 3.63) is 80.4 Å². The molecule has 0 spiro atoms. The van der Waals surface area contributed by atoms with Crippen molar-refractivity contribution in [1.29, 1.82) is 0 Å². The number of ether oxygens (including phenoxy) is 2. The number of amides is 3. The fourth-order valence-corrected chi connectivity index (χ4v) is 4.81. The van der Waals surface area contributed by atoms with Crippen LogP contribution in [-0.4, -0.2) is 36.5 Å². The van der Waals surface area contributed by atoms with Crippen LogP contribution in [0.2, 0.25) is 0 Å². The van der Waals surface area contributed by atoms with E-state index in [9.17, 15) is 14.4 Å². The van der Waals surface area contributed by atoms with Gasteiger partial charge in [0.2, 0.25) is 0 Å². The Balaban J connectivity index is 1.50. The van der Waals surface area contributed by atoms with Crippen LogP contribution < -0.4 is 10.1 Å². The first kappa shape index (κ1) is 23.0. The smallest absolute Gasteiger partial charge is 0.329 e. The highest BCUT2D eigenvalue weighted by Gasteiger charge is 2.35. The topological polar surface area (TPSA) is 84.9 Å². The Morgan fingerprint density at radius 3 is 2.42 bits per heavy atom. The third-order valence-corrected chi connectivity index (χ3v) is 6.18. The molecule has 1 N–H and O–H groups in total. The van der Waals surface area contributed by atoms with Crippen LogP contribution in [0.1, 0.15) is 11.1 Å². The molecule has 0 aromatic heterocycles. The monoisotopic (exact) mass is 572 g/mol. The fraction of sp³-hybridized carbons (Fsp3) is 0.125. The number of imide groups is 1. The molecule has 1 fully saturated rings. The minimum absolute atomic E-state index is 0.0625. The van der Waals surface area contributed by atoms with Crippen LogP contribution in [0, 0.1) is 0 Å². The van der Waals surface area contributed by atoms with Gasteiger partial charge >= 0.3 is 12.0 Å². The number of methoxy groups -OCH3 is 1. The van der Waals surface area contributed by atoms with Gasteiger partial charge in [-0.15, -0.1) is 0 Å². The molecule has 7 nitrogen and oxygen atoms in total. The van der Waals surface area contributed by atoms with Crippen molar-refractivity contribution in [2.24, 2.45) is 0 Å². The molecule has 1 heterocycles. The number of urea groups is 1. The summed E-state index contributed by atoms with van der Waals surface area (Å²) in [6.07, 6.45) is 1.53. The van der Waals surface area contributed by atoms with Crippen molar-refractivity contribution < 1.29 is 23.9 Å². The van der Waals surface area contributed by atoms with E-state index in [1.54, 1.807) is 12.1 Å². The van der Waals surface area contributed by atoms with Crippen molar-refractivity contribution in [2.75, 3.05) is 13.7 Å². The average Bonchev–Trinajstić information content (AvgIpc) is 3.05. The molecule has 0 atom stereocenters. The standard InChI is InChI=1S/C24H18Br2N2O5/c1-32-21(29)12-28-23(30)20(27-24(28)31)11-15-9-18(25)22(19(26)10-15)33-13-14-6-7-16-4-2-3-5-17(16)8-14/h2-11H,12-13H2,1H3,(H,27,31)/b20-11+. The third-order valence-electron chi connectivity index (χ3n) is 5.01. The summed E-state index contributed by atoms with van der Waals surface area (Å²) in [4.78, 5) is 36.7. The van der Waals surface area contributed by atoms with E-state index in [1.807, 2.05) is 18.2 Å². The second-order valence-corrected chi connectivity index (χ2v) is 8.95. The van der Waals surface area contributed by atoms with Crippen molar-refractivity contribution in [3.63, 3.8) is 0 Å². The quantitative estimate of drug-likeness (QED) is 0.254. The molecule has 168 valence electrons. The van der Waals surface area contributed by atoms with Crippen LogP contribution in [0.25, 0.3) is 16.8 Å². The average molecular weight is 574 g/mol. The Morgan fingerprint density at radius 2 is 1.73 bits per heavy atom. The number of carbonyl (C=O) groups is 3. The van der Waals surface area contributed by atoms with Gasteiger partial charge in [-0.05, 0) is 78.0 Å². The molecule has 0 bridgehead atoms. The molecule has 1 aliphatic heterocycles. The molecular weight excluding hydrogens is 556 g/mol. The van der Waals surface area contributed by atoms with E-state index in [1.165, 1.54) is 18.6 Å². The maximum absolute atomic E-state index is 12.5. The summed E-state index contributed by atoms with van der Waals surface area (Å²) in [6.45, 7) is -0.0764. The molecule has 0 radical (unpaired) electrons. The van der Waals surface area contributed by atoms with E-state index in [4.69, 9.17) is 4.74 Å². The van der Waals surface area contributed by atoms with Crippen molar-refractivity contribution >= 4 is 66.6 Å². The molecule has 3 amide bonds. The summed E-state index contributed by atoms with van der Waals surface area (Å²) in [5, 5.41) is 4.78. The number of nitrogens with one attached hydrogen (secondary N) is 1.